The largest absolute Gasteiger partial charge is 0.497 e. The van der Waals surface area contributed by atoms with E-state index in [9.17, 15) is 9.90 Å². The minimum atomic E-state index is -0.697. The van der Waals surface area contributed by atoms with Crippen LogP contribution in [0.5, 0.6) is 5.75 Å². The fourth-order valence-electron chi connectivity index (χ4n) is 4.55. The zero-order valence-corrected chi connectivity index (χ0v) is 15.6. The normalized spacial score (nSPS) is 27.7. The molecule has 0 heterocycles. The first kappa shape index (κ1) is 17.8. The topological polar surface area (TPSA) is 61.8 Å². The standard InChI is InChI=1S/C21H30N2O3/c1-26-18-7-8-19-15(9-18)3-2-4-20(19)22-16-10-17(11-16)23(13-21(24)25)12-14-5-6-14/h7-9,14,16-17,20,22H,2-6,10-13H2,1H3,(H,24,25). The molecule has 5 heteroatoms. The number of ether oxygens (including phenoxy) is 1. The first-order chi connectivity index (χ1) is 12.6. The summed E-state index contributed by atoms with van der Waals surface area (Å²) >= 11 is 0. The zero-order valence-electron chi connectivity index (χ0n) is 15.6. The van der Waals surface area contributed by atoms with Crippen LogP contribution in [0, 0.1) is 5.92 Å². The molecule has 4 rings (SSSR count). The average molecular weight is 358 g/mol. The lowest BCUT2D eigenvalue weighted by molar-refractivity contribution is -0.139. The number of aliphatic carboxylic acids is 1. The van der Waals surface area contributed by atoms with Gasteiger partial charge in [-0.25, -0.2) is 0 Å². The van der Waals surface area contributed by atoms with Crippen molar-refractivity contribution < 1.29 is 14.6 Å². The maximum Gasteiger partial charge on any atom is 0.317 e. The quantitative estimate of drug-likeness (QED) is 0.748. The Kier molecular flexibility index (Phi) is 5.18. The van der Waals surface area contributed by atoms with Gasteiger partial charge in [0.15, 0.2) is 0 Å². The van der Waals surface area contributed by atoms with Crippen molar-refractivity contribution in [3.05, 3.63) is 29.3 Å². The van der Waals surface area contributed by atoms with Gasteiger partial charge in [0.2, 0.25) is 0 Å². The molecule has 2 fully saturated rings. The summed E-state index contributed by atoms with van der Waals surface area (Å²) in [4.78, 5) is 13.4. The summed E-state index contributed by atoms with van der Waals surface area (Å²) in [6.07, 6.45) is 8.21. The van der Waals surface area contributed by atoms with Gasteiger partial charge in [-0.1, -0.05) is 6.07 Å². The number of carboxylic acids is 1. The number of rotatable bonds is 8. The van der Waals surface area contributed by atoms with Crippen LogP contribution >= 0.6 is 0 Å². The minimum Gasteiger partial charge on any atom is -0.497 e. The SMILES string of the molecule is COc1ccc2c(c1)CCCC2NC1CC(N(CC(=O)O)CC2CC2)C1. The Morgan fingerprint density at radius 1 is 1.31 bits per heavy atom. The van der Waals surface area contributed by atoms with Crippen LogP contribution in [0.3, 0.4) is 0 Å². The van der Waals surface area contributed by atoms with E-state index in [0.717, 1.165) is 37.5 Å². The van der Waals surface area contributed by atoms with Gasteiger partial charge < -0.3 is 15.2 Å². The summed E-state index contributed by atoms with van der Waals surface area (Å²) in [7, 11) is 1.72. The predicted molar refractivity (Wildman–Crippen MR) is 101 cm³/mol. The highest BCUT2D eigenvalue weighted by atomic mass is 16.5. The molecule has 0 spiro atoms. The van der Waals surface area contributed by atoms with Gasteiger partial charge in [-0.05, 0) is 74.1 Å². The van der Waals surface area contributed by atoms with Gasteiger partial charge in [0, 0.05) is 24.7 Å². The first-order valence-electron chi connectivity index (χ1n) is 10.0. The van der Waals surface area contributed by atoms with Gasteiger partial charge in [-0.2, -0.15) is 0 Å². The highest BCUT2D eigenvalue weighted by Gasteiger charge is 2.38. The molecule has 0 radical (unpaired) electrons. The van der Waals surface area contributed by atoms with Crippen molar-refractivity contribution in [1.82, 2.24) is 10.2 Å². The van der Waals surface area contributed by atoms with Gasteiger partial charge in [0.25, 0.3) is 0 Å². The van der Waals surface area contributed by atoms with Crippen LogP contribution in [-0.2, 0) is 11.2 Å². The molecule has 0 saturated heterocycles. The maximum absolute atomic E-state index is 11.2. The van der Waals surface area contributed by atoms with Crippen molar-refractivity contribution in [3.8, 4) is 5.75 Å². The zero-order chi connectivity index (χ0) is 18.1. The second kappa shape index (κ2) is 7.57. The van der Waals surface area contributed by atoms with Crippen LogP contribution in [0.4, 0.5) is 0 Å². The number of methoxy groups -OCH3 is 1. The lowest BCUT2D eigenvalue weighted by atomic mass is 9.82. The smallest absolute Gasteiger partial charge is 0.317 e. The third-order valence-corrected chi connectivity index (χ3v) is 6.26. The minimum absolute atomic E-state index is 0.194. The Labute approximate surface area is 155 Å². The number of hydrogen-bond donors (Lipinski definition) is 2. The molecule has 2 N–H and O–H groups in total. The van der Waals surface area contributed by atoms with Gasteiger partial charge >= 0.3 is 5.97 Å². The number of carbonyl (C=O) groups is 1. The third-order valence-electron chi connectivity index (χ3n) is 6.26. The number of aryl methyl sites for hydroxylation is 1. The molecular formula is C21H30N2O3. The molecule has 3 aliphatic rings. The van der Waals surface area contributed by atoms with E-state index >= 15 is 0 Å². The molecule has 1 unspecified atom stereocenters. The second-order valence-electron chi connectivity index (χ2n) is 8.26. The molecule has 0 amide bonds. The molecular weight excluding hydrogens is 328 g/mol. The van der Waals surface area contributed by atoms with Crippen LogP contribution < -0.4 is 10.1 Å². The van der Waals surface area contributed by atoms with Gasteiger partial charge in [-0.3, -0.25) is 9.69 Å². The van der Waals surface area contributed by atoms with Crippen LogP contribution in [0.1, 0.15) is 55.7 Å². The Morgan fingerprint density at radius 2 is 2.12 bits per heavy atom. The summed E-state index contributed by atoms with van der Waals surface area (Å²) in [5.41, 5.74) is 2.83. The number of fused-ring (bicyclic) bond motifs is 1. The number of benzene rings is 1. The fraction of sp³-hybridized carbons (Fsp3) is 0.667. The van der Waals surface area contributed by atoms with Crippen molar-refractivity contribution in [1.29, 1.82) is 0 Å². The Morgan fingerprint density at radius 3 is 2.81 bits per heavy atom. The summed E-state index contributed by atoms with van der Waals surface area (Å²) in [5, 5.41) is 13.0. The van der Waals surface area contributed by atoms with Crippen LogP contribution in [0.25, 0.3) is 0 Å². The number of nitrogens with one attached hydrogen (secondary N) is 1. The van der Waals surface area contributed by atoms with E-state index in [4.69, 9.17) is 4.74 Å². The van der Waals surface area contributed by atoms with Crippen molar-refractivity contribution in [3.63, 3.8) is 0 Å². The van der Waals surface area contributed by atoms with E-state index in [1.165, 1.54) is 36.8 Å². The van der Waals surface area contributed by atoms with Crippen molar-refractivity contribution in [2.24, 2.45) is 5.92 Å². The molecule has 0 aliphatic heterocycles. The molecule has 5 nitrogen and oxygen atoms in total. The number of nitrogens with zero attached hydrogens (tertiary/aromatic N) is 1. The van der Waals surface area contributed by atoms with Crippen molar-refractivity contribution >= 4 is 5.97 Å². The average Bonchev–Trinajstić information content (AvgIpc) is 3.40. The van der Waals surface area contributed by atoms with Gasteiger partial charge in [0.05, 0.1) is 13.7 Å². The molecule has 2 saturated carbocycles. The van der Waals surface area contributed by atoms with E-state index in [-0.39, 0.29) is 6.54 Å². The van der Waals surface area contributed by atoms with E-state index in [2.05, 4.69) is 28.4 Å². The van der Waals surface area contributed by atoms with Crippen LogP contribution in [-0.4, -0.2) is 48.3 Å². The Bertz CT molecular complexity index is 653. The molecule has 142 valence electrons. The summed E-state index contributed by atoms with van der Waals surface area (Å²) in [5.74, 6) is 0.983. The fourth-order valence-corrected chi connectivity index (χ4v) is 4.55. The molecule has 26 heavy (non-hydrogen) atoms. The molecule has 1 aromatic rings. The number of hydrogen-bond acceptors (Lipinski definition) is 4. The Hall–Kier alpha value is -1.59. The van der Waals surface area contributed by atoms with Crippen molar-refractivity contribution in [2.75, 3.05) is 20.2 Å². The van der Waals surface area contributed by atoms with E-state index in [1.54, 1.807) is 7.11 Å². The molecule has 0 aromatic heterocycles. The maximum atomic E-state index is 11.2. The number of carboxylic acid groups (broad SMARTS) is 1. The summed E-state index contributed by atoms with van der Waals surface area (Å²) < 4.78 is 5.36. The van der Waals surface area contributed by atoms with E-state index in [0.29, 0.717) is 18.1 Å². The lowest BCUT2D eigenvalue weighted by Gasteiger charge is -2.45. The van der Waals surface area contributed by atoms with Crippen LogP contribution in [0.15, 0.2) is 18.2 Å². The summed E-state index contributed by atoms with van der Waals surface area (Å²) in [6.45, 7) is 1.16. The molecule has 1 atom stereocenters. The van der Waals surface area contributed by atoms with Gasteiger partial charge in [0.1, 0.15) is 5.75 Å². The second-order valence-corrected chi connectivity index (χ2v) is 8.26. The first-order valence-corrected chi connectivity index (χ1v) is 10.0. The van der Waals surface area contributed by atoms with Crippen LogP contribution in [0.2, 0.25) is 0 Å². The molecule has 3 aliphatic carbocycles. The highest BCUT2D eigenvalue weighted by molar-refractivity contribution is 5.69. The third kappa shape index (κ3) is 4.04. The predicted octanol–water partition coefficient (Wildman–Crippen LogP) is 2.99. The highest BCUT2D eigenvalue weighted by Crippen LogP contribution is 2.37. The van der Waals surface area contributed by atoms with E-state index in [1.807, 2.05) is 0 Å². The van der Waals surface area contributed by atoms with Crippen molar-refractivity contribution in [2.45, 2.75) is 63.1 Å². The van der Waals surface area contributed by atoms with Gasteiger partial charge in [-0.15, -0.1) is 0 Å². The lowest BCUT2D eigenvalue weighted by Crippen LogP contribution is -2.55. The monoisotopic (exact) mass is 358 g/mol. The van der Waals surface area contributed by atoms with E-state index < -0.39 is 5.97 Å². The Balaban J connectivity index is 1.33. The summed E-state index contributed by atoms with van der Waals surface area (Å²) in [6, 6.07) is 7.82. The molecule has 1 aromatic carbocycles. The molecule has 0 bridgehead atoms.